The fraction of sp³-hybridized carbons (Fsp3) is 0.143. The molecular formula is C7H13N. The van der Waals surface area contributed by atoms with Gasteiger partial charge in [-0.1, -0.05) is 31.9 Å². The molecule has 0 spiro atoms. The maximum Gasteiger partial charge on any atom is 0.00275 e. The van der Waals surface area contributed by atoms with Crippen molar-refractivity contribution in [1.82, 2.24) is 5.32 Å². The van der Waals surface area contributed by atoms with Crippen molar-refractivity contribution in [3.8, 4) is 0 Å². The molecule has 0 saturated carbocycles. The van der Waals surface area contributed by atoms with Crippen molar-refractivity contribution < 1.29 is 0 Å². The summed E-state index contributed by atoms with van der Waals surface area (Å²) in [7, 11) is 1.81. The number of nitrogens with one attached hydrogen (secondary N) is 1. The van der Waals surface area contributed by atoms with Gasteiger partial charge >= 0.3 is 0 Å². The minimum atomic E-state index is 1.62. The van der Waals surface area contributed by atoms with E-state index in [1.54, 1.807) is 18.4 Å². The highest BCUT2D eigenvalue weighted by atomic mass is 14.8. The summed E-state index contributed by atoms with van der Waals surface area (Å²) >= 11 is 0. The average Bonchev–Trinajstić information content (AvgIpc) is 1.88. The van der Waals surface area contributed by atoms with Crippen LogP contribution in [0.25, 0.3) is 0 Å². The van der Waals surface area contributed by atoms with Crippen LogP contribution in [0.5, 0.6) is 0 Å². The average molecular weight is 111 g/mol. The third-order valence-electron chi connectivity index (χ3n) is 0.371. The second-order valence-corrected chi connectivity index (χ2v) is 0.964. The maximum atomic E-state index is 3.37. The molecule has 0 amide bonds. The molecule has 0 fully saturated rings. The highest BCUT2D eigenvalue weighted by molar-refractivity contribution is 4.88. The first kappa shape index (κ1) is 10.1. The normalized spacial score (nSPS) is 5.12. The molecule has 0 aliphatic heterocycles. The molecule has 0 bridgehead atoms. The van der Waals surface area contributed by atoms with Crippen LogP contribution in [0.4, 0.5) is 0 Å². The lowest BCUT2D eigenvalue weighted by atomic mass is 10.6. The molecule has 0 aromatic carbocycles. The first-order valence-corrected chi connectivity index (χ1v) is 2.35. The van der Waals surface area contributed by atoms with Crippen LogP contribution in [0.2, 0.25) is 0 Å². The molecule has 0 radical (unpaired) electrons. The van der Waals surface area contributed by atoms with E-state index in [0.29, 0.717) is 0 Å². The molecule has 0 saturated heterocycles. The van der Waals surface area contributed by atoms with Crippen LogP contribution in [0.3, 0.4) is 0 Å². The van der Waals surface area contributed by atoms with Crippen LogP contribution in [-0.4, -0.2) is 7.05 Å². The predicted octanol–water partition coefficient (Wildman–Crippen LogP) is 1.71. The Bertz CT molecular complexity index is 58.8. The highest BCUT2D eigenvalue weighted by Crippen LogP contribution is 1.52. The van der Waals surface area contributed by atoms with E-state index in [4.69, 9.17) is 0 Å². The Labute approximate surface area is 51.4 Å². The maximum absolute atomic E-state index is 3.37. The van der Waals surface area contributed by atoms with E-state index in [9.17, 15) is 0 Å². The Kier molecular flexibility index (Phi) is 21.0. The second kappa shape index (κ2) is 16.6. The molecule has 1 heteroatoms. The van der Waals surface area contributed by atoms with Gasteiger partial charge in [-0.05, 0) is 6.20 Å². The van der Waals surface area contributed by atoms with E-state index in [1.807, 2.05) is 7.05 Å². The quantitative estimate of drug-likeness (QED) is 0.535. The molecule has 0 aromatic heterocycles. The molecule has 46 valence electrons. The summed E-state index contributed by atoms with van der Waals surface area (Å²) < 4.78 is 0. The van der Waals surface area contributed by atoms with Crippen LogP contribution in [0.1, 0.15) is 0 Å². The van der Waals surface area contributed by atoms with Crippen LogP contribution >= 0.6 is 0 Å². The zero-order valence-electron chi connectivity index (χ0n) is 5.35. The zero-order valence-corrected chi connectivity index (χ0v) is 5.35. The lowest BCUT2D eigenvalue weighted by Crippen LogP contribution is -1.87. The standard InChI is InChI=1S/C4H6.C3H7N/c2*1-3-4-2/h3-4H,1-2H2;3-4H,1H2,2H3. The van der Waals surface area contributed by atoms with Crippen molar-refractivity contribution >= 4 is 0 Å². The number of hydrogen-bond acceptors (Lipinski definition) is 1. The molecule has 0 aliphatic carbocycles. The van der Waals surface area contributed by atoms with Crippen molar-refractivity contribution in [1.29, 1.82) is 0 Å². The fourth-order valence-electron chi connectivity index (χ4n) is 0. The van der Waals surface area contributed by atoms with Gasteiger partial charge in [0.05, 0.1) is 0 Å². The molecule has 0 aliphatic rings. The van der Waals surface area contributed by atoms with E-state index >= 15 is 0 Å². The van der Waals surface area contributed by atoms with Gasteiger partial charge in [-0.2, -0.15) is 0 Å². The van der Waals surface area contributed by atoms with Gasteiger partial charge in [-0.25, -0.2) is 0 Å². The monoisotopic (exact) mass is 111 g/mol. The molecular weight excluding hydrogens is 98.1 g/mol. The van der Waals surface area contributed by atoms with E-state index in [1.165, 1.54) is 0 Å². The summed E-state index contributed by atoms with van der Waals surface area (Å²) in [5, 5.41) is 2.69. The van der Waals surface area contributed by atoms with Crippen molar-refractivity contribution in [2.75, 3.05) is 7.05 Å². The lowest BCUT2D eigenvalue weighted by Gasteiger charge is -1.70. The number of hydrogen-bond donors (Lipinski definition) is 1. The van der Waals surface area contributed by atoms with Gasteiger partial charge in [0, 0.05) is 7.05 Å². The van der Waals surface area contributed by atoms with Crippen LogP contribution < -0.4 is 5.32 Å². The molecule has 0 rings (SSSR count). The van der Waals surface area contributed by atoms with Gasteiger partial charge in [0.15, 0.2) is 0 Å². The van der Waals surface area contributed by atoms with E-state index in [0.717, 1.165) is 0 Å². The molecule has 0 heterocycles. The molecule has 0 unspecified atom stereocenters. The van der Waals surface area contributed by atoms with Gasteiger partial charge in [0.2, 0.25) is 0 Å². The van der Waals surface area contributed by atoms with Gasteiger partial charge in [0.1, 0.15) is 0 Å². The van der Waals surface area contributed by atoms with Gasteiger partial charge in [0.25, 0.3) is 0 Å². The summed E-state index contributed by atoms with van der Waals surface area (Å²) in [6.07, 6.45) is 4.90. The topological polar surface area (TPSA) is 12.0 Å². The highest BCUT2D eigenvalue weighted by Gasteiger charge is 1.35. The number of rotatable bonds is 2. The first-order chi connectivity index (χ1) is 3.83. The largest absolute Gasteiger partial charge is 0.394 e. The Balaban J connectivity index is 0. The van der Waals surface area contributed by atoms with Gasteiger partial charge in [-0.15, -0.1) is 0 Å². The fourth-order valence-corrected chi connectivity index (χ4v) is 0. The SMILES string of the molecule is C=CC=C.C=CNC. The van der Waals surface area contributed by atoms with Gasteiger partial charge < -0.3 is 5.32 Å². The number of allylic oxidation sites excluding steroid dienone is 2. The first-order valence-electron chi connectivity index (χ1n) is 2.35. The zero-order chi connectivity index (χ0) is 6.83. The summed E-state index contributed by atoms with van der Waals surface area (Å²) in [6.45, 7) is 10.1. The summed E-state index contributed by atoms with van der Waals surface area (Å²) in [6, 6.07) is 0. The Hall–Kier alpha value is -0.980. The third kappa shape index (κ3) is 78.0. The smallest absolute Gasteiger partial charge is 0.00275 e. The van der Waals surface area contributed by atoms with E-state index in [-0.39, 0.29) is 0 Å². The van der Waals surface area contributed by atoms with Crippen molar-refractivity contribution in [3.63, 3.8) is 0 Å². The van der Waals surface area contributed by atoms with Crippen LogP contribution in [0.15, 0.2) is 38.1 Å². The second-order valence-electron chi connectivity index (χ2n) is 0.964. The van der Waals surface area contributed by atoms with E-state index in [2.05, 4.69) is 25.1 Å². The van der Waals surface area contributed by atoms with Crippen molar-refractivity contribution in [2.45, 2.75) is 0 Å². The van der Waals surface area contributed by atoms with Crippen molar-refractivity contribution in [3.05, 3.63) is 38.1 Å². The molecule has 0 aromatic rings. The Morgan fingerprint density at radius 1 is 1.12 bits per heavy atom. The van der Waals surface area contributed by atoms with E-state index < -0.39 is 0 Å². The minimum absolute atomic E-state index is 1.62. The van der Waals surface area contributed by atoms with Gasteiger partial charge in [-0.3, -0.25) is 0 Å². The lowest BCUT2D eigenvalue weighted by molar-refractivity contribution is 1.11. The summed E-state index contributed by atoms with van der Waals surface area (Å²) in [4.78, 5) is 0. The summed E-state index contributed by atoms with van der Waals surface area (Å²) in [5.74, 6) is 0. The van der Waals surface area contributed by atoms with Crippen molar-refractivity contribution in [2.24, 2.45) is 0 Å². The predicted molar refractivity (Wildman–Crippen MR) is 39.7 cm³/mol. The van der Waals surface area contributed by atoms with Crippen LogP contribution in [0, 0.1) is 0 Å². The van der Waals surface area contributed by atoms with Crippen LogP contribution in [-0.2, 0) is 0 Å². The molecule has 8 heavy (non-hydrogen) atoms. The third-order valence-corrected chi connectivity index (χ3v) is 0.371. The molecule has 1 N–H and O–H groups in total. The Morgan fingerprint density at radius 3 is 1.38 bits per heavy atom. The molecule has 0 atom stereocenters. The minimum Gasteiger partial charge on any atom is -0.394 e. The summed E-state index contributed by atoms with van der Waals surface area (Å²) in [5.41, 5.74) is 0. The molecule has 1 nitrogen and oxygen atoms in total. The Morgan fingerprint density at radius 2 is 1.38 bits per heavy atom.